The van der Waals surface area contributed by atoms with E-state index in [0.29, 0.717) is 29.8 Å². The lowest BCUT2D eigenvalue weighted by Gasteiger charge is -2.35. The van der Waals surface area contributed by atoms with Gasteiger partial charge in [0.2, 0.25) is 5.88 Å². The fraction of sp³-hybridized carbons (Fsp3) is 0.643. The number of aliphatic hydroxyl groups is 1. The lowest BCUT2D eigenvalue weighted by atomic mass is 9.79. The van der Waals surface area contributed by atoms with Gasteiger partial charge in [-0.15, -0.1) is 0 Å². The first-order valence-corrected chi connectivity index (χ1v) is 6.79. The van der Waals surface area contributed by atoms with Crippen molar-refractivity contribution in [3.63, 3.8) is 0 Å². The van der Waals surface area contributed by atoms with E-state index >= 15 is 0 Å². The Labute approximate surface area is 114 Å². The van der Waals surface area contributed by atoms with Gasteiger partial charge in [-0.3, -0.25) is 0 Å². The highest BCUT2D eigenvalue weighted by Gasteiger charge is 2.31. The van der Waals surface area contributed by atoms with Crippen molar-refractivity contribution in [2.24, 2.45) is 5.92 Å². The second kappa shape index (κ2) is 5.65. The zero-order chi connectivity index (χ0) is 13.9. The number of aromatic nitrogens is 1. The normalized spacial score (nSPS) is 27.0. The molecule has 0 amide bonds. The van der Waals surface area contributed by atoms with Crippen molar-refractivity contribution in [2.45, 2.75) is 38.2 Å². The molecule has 106 valence electrons. The third-order valence-corrected chi connectivity index (χ3v) is 3.90. The molecule has 4 N–H and O–H groups in total. The fourth-order valence-electron chi connectivity index (χ4n) is 2.43. The number of nitrogens with one attached hydrogen (secondary N) is 1. The Kier molecular flexibility index (Phi) is 4.14. The van der Waals surface area contributed by atoms with Gasteiger partial charge >= 0.3 is 0 Å². The maximum absolute atomic E-state index is 10.5. The molecule has 0 spiro atoms. The summed E-state index contributed by atoms with van der Waals surface area (Å²) < 4.78 is 5.07. The van der Waals surface area contributed by atoms with E-state index in [9.17, 15) is 5.11 Å². The number of rotatable bonds is 4. The highest BCUT2D eigenvalue weighted by Crippen LogP contribution is 2.32. The number of methoxy groups -OCH3 is 1. The molecule has 0 radical (unpaired) electrons. The summed E-state index contributed by atoms with van der Waals surface area (Å²) in [6, 6.07) is 3.47. The number of hydrogen-bond acceptors (Lipinski definition) is 5. The zero-order valence-corrected chi connectivity index (χ0v) is 11.6. The van der Waals surface area contributed by atoms with Gasteiger partial charge in [-0.05, 0) is 37.7 Å². The van der Waals surface area contributed by atoms with Gasteiger partial charge in [-0.25, -0.2) is 0 Å². The molecule has 5 nitrogen and oxygen atoms in total. The number of pyridine rings is 1. The maximum Gasteiger partial charge on any atom is 0.215 e. The number of hydrogen-bond donors (Lipinski definition) is 3. The number of nitrogens with zero attached hydrogens (tertiary/aromatic N) is 1. The Morgan fingerprint density at radius 2 is 2.16 bits per heavy atom. The average Bonchev–Trinajstić information content (AvgIpc) is 2.42. The van der Waals surface area contributed by atoms with Gasteiger partial charge < -0.3 is 20.9 Å². The number of ether oxygens (including phenoxy) is 1. The van der Waals surface area contributed by atoms with E-state index in [1.165, 1.54) is 0 Å². The van der Waals surface area contributed by atoms with E-state index in [1.54, 1.807) is 19.2 Å². The molecule has 0 saturated heterocycles. The van der Waals surface area contributed by atoms with Crippen LogP contribution in [0, 0.1) is 5.92 Å². The molecule has 1 aromatic rings. The van der Waals surface area contributed by atoms with Crippen molar-refractivity contribution in [2.75, 3.05) is 24.7 Å². The van der Waals surface area contributed by atoms with Crippen molar-refractivity contribution in [3.05, 3.63) is 12.1 Å². The van der Waals surface area contributed by atoms with Crippen LogP contribution in [0.4, 0.5) is 11.5 Å². The third-order valence-electron chi connectivity index (χ3n) is 3.90. The van der Waals surface area contributed by atoms with Gasteiger partial charge in [0.25, 0.3) is 0 Å². The molecule has 1 aromatic heterocycles. The largest absolute Gasteiger partial charge is 0.481 e. The predicted octanol–water partition coefficient (Wildman–Crippen LogP) is 2.03. The quantitative estimate of drug-likeness (QED) is 0.776. The van der Waals surface area contributed by atoms with Crippen LogP contribution in [0.3, 0.4) is 0 Å². The minimum atomic E-state index is -0.649. The number of nitrogen functional groups attached to an aromatic ring is 1. The zero-order valence-electron chi connectivity index (χ0n) is 11.6. The fourth-order valence-corrected chi connectivity index (χ4v) is 2.43. The smallest absolute Gasteiger partial charge is 0.215 e. The Morgan fingerprint density at radius 1 is 1.47 bits per heavy atom. The summed E-state index contributed by atoms with van der Waals surface area (Å²) in [5, 5.41) is 13.7. The molecule has 0 unspecified atom stereocenters. The first-order chi connectivity index (χ1) is 9.02. The molecule has 2 rings (SSSR count). The lowest BCUT2D eigenvalue weighted by molar-refractivity contribution is 0.00495. The van der Waals surface area contributed by atoms with E-state index in [-0.39, 0.29) is 0 Å². The summed E-state index contributed by atoms with van der Waals surface area (Å²) in [4.78, 5) is 4.25. The lowest BCUT2D eigenvalue weighted by Crippen LogP contribution is -2.40. The van der Waals surface area contributed by atoms with Gasteiger partial charge in [0.1, 0.15) is 0 Å². The predicted molar refractivity (Wildman–Crippen MR) is 76.3 cm³/mol. The van der Waals surface area contributed by atoms with Gasteiger partial charge in [0, 0.05) is 12.6 Å². The van der Waals surface area contributed by atoms with E-state index in [0.717, 1.165) is 25.7 Å². The van der Waals surface area contributed by atoms with E-state index in [2.05, 4.69) is 17.2 Å². The van der Waals surface area contributed by atoms with Crippen LogP contribution >= 0.6 is 0 Å². The van der Waals surface area contributed by atoms with E-state index < -0.39 is 5.60 Å². The summed E-state index contributed by atoms with van der Waals surface area (Å²) >= 11 is 0. The average molecular weight is 265 g/mol. The molecular formula is C14H23N3O2. The molecule has 0 aliphatic heterocycles. The van der Waals surface area contributed by atoms with Crippen molar-refractivity contribution in [3.8, 4) is 5.88 Å². The van der Waals surface area contributed by atoms with Crippen LogP contribution in [-0.2, 0) is 0 Å². The van der Waals surface area contributed by atoms with Gasteiger partial charge in [-0.2, -0.15) is 4.98 Å². The molecule has 1 heterocycles. The summed E-state index contributed by atoms with van der Waals surface area (Å²) in [7, 11) is 1.57. The van der Waals surface area contributed by atoms with Crippen molar-refractivity contribution >= 4 is 11.5 Å². The maximum atomic E-state index is 10.5. The molecule has 0 bridgehead atoms. The first kappa shape index (κ1) is 13.9. The van der Waals surface area contributed by atoms with Gasteiger partial charge in [-0.1, -0.05) is 6.92 Å². The van der Waals surface area contributed by atoms with Crippen LogP contribution in [0.5, 0.6) is 5.88 Å². The van der Waals surface area contributed by atoms with Crippen molar-refractivity contribution in [1.29, 1.82) is 0 Å². The Morgan fingerprint density at radius 3 is 2.79 bits per heavy atom. The van der Waals surface area contributed by atoms with Gasteiger partial charge in [0.15, 0.2) is 5.82 Å². The molecule has 1 aliphatic rings. The number of anilines is 2. The molecular weight excluding hydrogens is 242 g/mol. The molecule has 1 saturated carbocycles. The first-order valence-electron chi connectivity index (χ1n) is 6.79. The van der Waals surface area contributed by atoms with Crippen LogP contribution in [-0.4, -0.2) is 29.3 Å². The molecule has 19 heavy (non-hydrogen) atoms. The minimum Gasteiger partial charge on any atom is -0.481 e. The van der Waals surface area contributed by atoms with Gasteiger partial charge in [0.05, 0.1) is 18.4 Å². The Balaban J connectivity index is 1.98. The molecule has 1 fully saturated rings. The van der Waals surface area contributed by atoms with Crippen LogP contribution in [0.15, 0.2) is 12.1 Å². The van der Waals surface area contributed by atoms with E-state index in [1.807, 2.05) is 0 Å². The van der Waals surface area contributed by atoms with Crippen molar-refractivity contribution in [1.82, 2.24) is 4.98 Å². The SMILES string of the molecule is COc1ccc(N)c(NCC2(O)CCC(C)CC2)n1. The Bertz CT molecular complexity index is 429. The van der Waals surface area contributed by atoms with Crippen LogP contribution in [0.1, 0.15) is 32.6 Å². The summed E-state index contributed by atoms with van der Waals surface area (Å²) in [6.45, 7) is 2.71. The second-order valence-corrected chi connectivity index (χ2v) is 5.55. The standard InChI is InChI=1S/C14H23N3O2/c1-10-5-7-14(18,8-6-10)9-16-13-11(15)3-4-12(17-13)19-2/h3-4,10,18H,5-9,15H2,1-2H3,(H,16,17). The highest BCUT2D eigenvalue weighted by atomic mass is 16.5. The topological polar surface area (TPSA) is 80.4 Å². The minimum absolute atomic E-state index is 0.476. The molecule has 0 atom stereocenters. The molecule has 1 aliphatic carbocycles. The van der Waals surface area contributed by atoms with Crippen LogP contribution in [0.25, 0.3) is 0 Å². The summed E-state index contributed by atoms with van der Waals surface area (Å²) in [5.41, 5.74) is 5.78. The van der Waals surface area contributed by atoms with Crippen LogP contribution in [0.2, 0.25) is 0 Å². The third kappa shape index (κ3) is 3.50. The Hall–Kier alpha value is -1.49. The monoisotopic (exact) mass is 265 g/mol. The summed E-state index contributed by atoms with van der Waals surface area (Å²) in [6.07, 6.45) is 3.79. The molecule has 0 aromatic carbocycles. The summed E-state index contributed by atoms with van der Waals surface area (Å²) in [5.74, 6) is 1.80. The van der Waals surface area contributed by atoms with E-state index in [4.69, 9.17) is 10.5 Å². The molecule has 5 heteroatoms. The highest BCUT2D eigenvalue weighted by molar-refractivity contribution is 5.62. The van der Waals surface area contributed by atoms with Crippen LogP contribution < -0.4 is 15.8 Å². The number of nitrogens with two attached hydrogens (primary N) is 1. The van der Waals surface area contributed by atoms with Crippen molar-refractivity contribution < 1.29 is 9.84 Å². The second-order valence-electron chi connectivity index (χ2n) is 5.55.